The predicted octanol–water partition coefficient (Wildman–Crippen LogP) is 2.57. The minimum atomic E-state index is -4.58. The number of rotatable bonds is 1. The second kappa shape index (κ2) is 2.98. The van der Waals surface area contributed by atoms with Crippen LogP contribution < -0.4 is 0 Å². The van der Waals surface area contributed by atoms with Gasteiger partial charge in [-0.25, -0.2) is 0 Å². The molecular weight excluding hydrogens is 157 g/mol. The molecule has 0 bridgehead atoms. The van der Waals surface area contributed by atoms with Gasteiger partial charge in [-0.05, 0) is 25.0 Å². The summed E-state index contributed by atoms with van der Waals surface area (Å²) in [5.41, 5.74) is 0. The zero-order valence-corrected chi connectivity index (χ0v) is 5.56. The average Bonchev–Trinajstić information content (AvgIpc) is 1.85. The van der Waals surface area contributed by atoms with Crippen LogP contribution in [0.4, 0.5) is 13.2 Å². The molecule has 0 fully saturated rings. The molecule has 61 valence electrons. The van der Waals surface area contributed by atoms with Gasteiger partial charge >= 0.3 is 6.36 Å². The molecule has 4 heteroatoms. The Labute approximate surface area is 62.2 Å². The first-order valence-corrected chi connectivity index (χ1v) is 3.04. The highest BCUT2D eigenvalue weighted by atomic mass is 19.4. The van der Waals surface area contributed by atoms with E-state index in [4.69, 9.17) is 0 Å². The lowest BCUT2D eigenvalue weighted by Crippen LogP contribution is -2.12. The average molecular weight is 163 g/mol. The Morgan fingerprint density at radius 2 is 2.09 bits per heavy atom. The molecule has 1 nitrogen and oxygen atoms in total. The normalized spacial score (nSPS) is 17.9. The van der Waals surface area contributed by atoms with Gasteiger partial charge in [0.05, 0.1) is 0 Å². The lowest BCUT2D eigenvalue weighted by atomic mass is 10.2. The maximum absolute atomic E-state index is 11.5. The van der Waals surface area contributed by atoms with Gasteiger partial charge in [0.2, 0.25) is 0 Å². The molecule has 0 saturated carbocycles. The number of hydrogen-bond acceptors (Lipinski definition) is 1. The van der Waals surface area contributed by atoms with Crippen LogP contribution in [-0.4, -0.2) is 6.36 Å². The van der Waals surface area contributed by atoms with Gasteiger partial charge in [0.25, 0.3) is 0 Å². The summed E-state index contributed by atoms with van der Waals surface area (Å²) in [6.07, 6.45) is 1.87. The van der Waals surface area contributed by atoms with Gasteiger partial charge < -0.3 is 4.74 Å². The molecule has 0 N–H and O–H groups in total. The first kappa shape index (κ1) is 8.17. The summed E-state index contributed by atoms with van der Waals surface area (Å²) in [7, 11) is 0. The zero-order valence-electron chi connectivity index (χ0n) is 5.56. The maximum atomic E-state index is 11.5. The number of halogens is 3. The predicted molar refractivity (Wildman–Crippen MR) is 33.3 cm³/mol. The number of hydrogen-bond donors (Lipinski definition) is 0. The van der Waals surface area contributed by atoms with Crippen LogP contribution >= 0.6 is 0 Å². The quantitative estimate of drug-likeness (QED) is 0.577. The molecule has 0 saturated heterocycles. The van der Waals surface area contributed by atoms with Gasteiger partial charge in [-0.3, -0.25) is 0 Å². The van der Waals surface area contributed by atoms with Gasteiger partial charge in [-0.2, -0.15) is 0 Å². The first-order chi connectivity index (χ1) is 5.08. The molecule has 0 amide bonds. The van der Waals surface area contributed by atoms with E-state index < -0.39 is 6.36 Å². The van der Waals surface area contributed by atoms with Crippen molar-refractivity contribution < 1.29 is 17.9 Å². The van der Waals surface area contributed by atoms with Gasteiger partial charge in [0.1, 0.15) is 5.76 Å². The van der Waals surface area contributed by atoms with Gasteiger partial charge in [-0.15, -0.1) is 13.2 Å². The van der Waals surface area contributed by atoms with E-state index in [1.807, 2.05) is 0 Å². The molecule has 0 aromatic heterocycles. The molecule has 0 aromatic rings. The van der Waals surface area contributed by atoms with Crippen LogP contribution in [0.25, 0.3) is 0 Å². The third-order valence-corrected chi connectivity index (χ3v) is 1.07. The van der Waals surface area contributed by atoms with Crippen LogP contribution in [0, 0.1) is 6.42 Å². The molecule has 11 heavy (non-hydrogen) atoms. The maximum Gasteiger partial charge on any atom is 0.573 e. The highest BCUT2D eigenvalue weighted by Gasteiger charge is 2.31. The topological polar surface area (TPSA) is 9.23 Å². The van der Waals surface area contributed by atoms with Crippen molar-refractivity contribution in [2.75, 3.05) is 0 Å². The smallest absolute Gasteiger partial charge is 0.406 e. The molecule has 1 aliphatic carbocycles. The van der Waals surface area contributed by atoms with E-state index in [0.29, 0.717) is 6.42 Å². The third-order valence-electron chi connectivity index (χ3n) is 1.07. The van der Waals surface area contributed by atoms with Crippen molar-refractivity contribution in [1.82, 2.24) is 0 Å². The van der Waals surface area contributed by atoms with Gasteiger partial charge in [0, 0.05) is 0 Å². The molecule has 0 heterocycles. The first-order valence-electron chi connectivity index (χ1n) is 3.04. The van der Waals surface area contributed by atoms with E-state index in [0.717, 1.165) is 0 Å². The Morgan fingerprint density at radius 3 is 2.55 bits per heavy atom. The number of ether oxygens (including phenoxy) is 1. The monoisotopic (exact) mass is 163 g/mol. The molecule has 1 rings (SSSR count). The summed E-state index contributed by atoms with van der Waals surface area (Å²) in [6.45, 7) is 0. The van der Waals surface area contributed by atoms with Gasteiger partial charge in [0.15, 0.2) is 0 Å². The van der Waals surface area contributed by atoms with Crippen LogP contribution in [0.2, 0.25) is 0 Å². The van der Waals surface area contributed by atoms with E-state index in [9.17, 15) is 13.2 Å². The van der Waals surface area contributed by atoms with Crippen molar-refractivity contribution in [2.24, 2.45) is 0 Å². The van der Waals surface area contributed by atoms with Crippen molar-refractivity contribution in [2.45, 2.75) is 12.8 Å². The van der Waals surface area contributed by atoms with E-state index in [1.165, 1.54) is 12.2 Å². The molecule has 1 aliphatic rings. The summed E-state index contributed by atoms with van der Waals surface area (Å²) in [5.74, 6) is -0.163. The van der Waals surface area contributed by atoms with E-state index in [2.05, 4.69) is 4.74 Å². The van der Waals surface area contributed by atoms with E-state index >= 15 is 0 Å². The van der Waals surface area contributed by atoms with Crippen molar-refractivity contribution in [3.05, 3.63) is 30.4 Å². The third kappa shape index (κ3) is 3.11. The second-order valence-corrected chi connectivity index (χ2v) is 1.99. The van der Waals surface area contributed by atoms with Crippen molar-refractivity contribution in [1.29, 1.82) is 0 Å². The van der Waals surface area contributed by atoms with Crippen molar-refractivity contribution in [3.63, 3.8) is 0 Å². The Balaban J connectivity index is 2.49. The molecular formula is C7H6F3O. The fourth-order valence-corrected chi connectivity index (χ4v) is 0.704. The summed E-state index contributed by atoms with van der Waals surface area (Å²) in [5, 5.41) is 0. The number of allylic oxidation sites excluding steroid dienone is 3. The minimum Gasteiger partial charge on any atom is -0.406 e. The molecule has 0 spiro atoms. The Kier molecular flexibility index (Phi) is 2.22. The van der Waals surface area contributed by atoms with Crippen LogP contribution in [-0.2, 0) is 4.74 Å². The number of alkyl halides is 3. The summed E-state index contributed by atoms with van der Waals surface area (Å²) < 4.78 is 38.2. The molecule has 0 atom stereocenters. The van der Waals surface area contributed by atoms with E-state index in [1.54, 1.807) is 12.5 Å². The highest BCUT2D eigenvalue weighted by molar-refractivity contribution is 5.21. The fraction of sp³-hybridized carbons (Fsp3) is 0.286. The Bertz CT molecular complexity index is 190. The van der Waals surface area contributed by atoms with Crippen molar-refractivity contribution in [3.8, 4) is 0 Å². The SMILES string of the molecule is FC(F)(F)OC1=C[CH]CC=C1. The van der Waals surface area contributed by atoms with E-state index in [-0.39, 0.29) is 5.76 Å². The van der Waals surface area contributed by atoms with Crippen LogP contribution in [0.1, 0.15) is 6.42 Å². The van der Waals surface area contributed by atoms with Crippen molar-refractivity contribution >= 4 is 0 Å². The lowest BCUT2D eigenvalue weighted by Gasteiger charge is -2.10. The summed E-state index contributed by atoms with van der Waals surface area (Å²) >= 11 is 0. The Hall–Kier alpha value is -0.930. The summed E-state index contributed by atoms with van der Waals surface area (Å²) in [4.78, 5) is 0. The highest BCUT2D eigenvalue weighted by Crippen LogP contribution is 2.23. The largest absolute Gasteiger partial charge is 0.573 e. The standard InChI is InChI=1S/C7H6F3O/c8-7(9,10)11-6-4-2-1-3-5-6/h2-5H,1H2. The molecule has 1 radical (unpaired) electrons. The molecule has 0 aliphatic heterocycles. The van der Waals surface area contributed by atoms with Crippen LogP contribution in [0.5, 0.6) is 0 Å². The molecule has 0 aromatic carbocycles. The van der Waals surface area contributed by atoms with Gasteiger partial charge in [-0.1, -0.05) is 6.08 Å². The fourth-order valence-electron chi connectivity index (χ4n) is 0.704. The zero-order chi connectivity index (χ0) is 8.32. The van der Waals surface area contributed by atoms with Crippen LogP contribution in [0.3, 0.4) is 0 Å². The minimum absolute atomic E-state index is 0.163. The summed E-state index contributed by atoms with van der Waals surface area (Å²) in [6, 6.07) is 0. The molecule has 0 unspecified atom stereocenters. The lowest BCUT2D eigenvalue weighted by molar-refractivity contribution is -0.303. The van der Waals surface area contributed by atoms with Crippen LogP contribution in [0.15, 0.2) is 24.0 Å². The Morgan fingerprint density at radius 1 is 1.36 bits per heavy atom. The second-order valence-electron chi connectivity index (χ2n) is 1.99.